The Balaban J connectivity index is 1.92. The van der Waals surface area contributed by atoms with Gasteiger partial charge in [-0.25, -0.2) is 0 Å². The highest BCUT2D eigenvalue weighted by atomic mass is 16.5. The highest BCUT2D eigenvalue weighted by Gasteiger charge is 1.95. The van der Waals surface area contributed by atoms with Gasteiger partial charge in [-0.1, -0.05) is 30.3 Å². The monoisotopic (exact) mass is 240 g/mol. The Labute approximate surface area is 107 Å². The zero-order valence-electron chi connectivity index (χ0n) is 10.3. The number of nitrogens with one attached hydrogen (secondary N) is 1. The lowest BCUT2D eigenvalue weighted by molar-refractivity contribution is 0.306. The standard InChI is InChI=1S/C15H16N2O/c1-16-17-11-13-7-9-15(10-8-13)18-12-14-5-3-2-4-6-14/h2-11,16H,12H2,1H3/b17-11+. The summed E-state index contributed by atoms with van der Waals surface area (Å²) in [6, 6.07) is 18.0. The van der Waals surface area contributed by atoms with Crippen molar-refractivity contribution >= 4 is 6.21 Å². The van der Waals surface area contributed by atoms with E-state index in [0.29, 0.717) is 6.61 Å². The van der Waals surface area contributed by atoms with Crippen LogP contribution in [0.15, 0.2) is 59.7 Å². The third kappa shape index (κ3) is 3.63. The van der Waals surface area contributed by atoms with Crippen molar-refractivity contribution in [3.63, 3.8) is 0 Å². The number of benzene rings is 2. The molecule has 0 unspecified atom stereocenters. The minimum Gasteiger partial charge on any atom is -0.489 e. The lowest BCUT2D eigenvalue weighted by Crippen LogP contribution is -1.96. The van der Waals surface area contributed by atoms with Crippen molar-refractivity contribution in [2.75, 3.05) is 7.05 Å². The lowest BCUT2D eigenvalue weighted by atomic mass is 10.2. The molecule has 0 aliphatic rings. The molecule has 1 N–H and O–H groups in total. The molecule has 0 radical (unpaired) electrons. The molecule has 0 aliphatic carbocycles. The fourth-order valence-corrected chi connectivity index (χ4v) is 1.53. The first-order valence-electron chi connectivity index (χ1n) is 5.85. The van der Waals surface area contributed by atoms with E-state index in [1.165, 1.54) is 5.56 Å². The topological polar surface area (TPSA) is 33.6 Å². The zero-order chi connectivity index (χ0) is 12.6. The van der Waals surface area contributed by atoms with E-state index in [-0.39, 0.29) is 0 Å². The molecule has 0 aliphatic heterocycles. The van der Waals surface area contributed by atoms with Gasteiger partial charge in [-0.3, -0.25) is 0 Å². The molecule has 0 atom stereocenters. The van der Waals surface area contributed by atoms with Crippen molar-refractivity contribution in [1.82, 2.24) is 5.43 Å². The van der Waals surface area contributed by atoms with Crippen LogP contribution in [0.4, 0.5) is 0 Å². The molecule has 2 aromatic carbocycles. The van der Waals surface area contributed by atoms with E-state index < -0.39 is 0 Å². The fraction of sp³-hybridized carbons (Fsp3) is 0.133. The van der Waals surface area contributed by atoms with Gasteiger partial charge in [0.25, 0.3) is 0 Å². The third-order valence-corrected chi connectivity index (χ3v) is 2.47. The second-order valence-corrected chi connectivity index (χ2v) is 3.83. The maximum atomic E-state index is 5.69. The smallest absolute Gasteiger partial charge is 0.119 e. The van der Waals surface area contributed by atoms with Crippen molar-refractivity contribution in [2.45, 2.75) is 6.61 Å². The summed E-state index contributed by atoms with van der Waals surface area (Å²) in [6.45, 7) is 0.588. The Morgan fingerprint density at radius 2 is 1.78 bits per heavy atom. The first kappa shape index (κ1) is 12.2. The first-order valence-corrected chi connectivity index (χ1v) is 5.85. The van der Waals surface area contributed by atoms with Crippen LogP contribution in [0, 0.1) is 0 Å². The summed E-state index contributed by atoms with van der Waals surface area (Å²) in [4.78, 5) is 0. The molecule has 0 fully saturated rings. The summed E-state index contributed by atoms with van der Waals surface area (Å²) >= 11 is 0. The van der Waals surface area contributed by atoms with E-state index in [1.54, 1.807) is 13.3 Å². The molecule has 0 amide bonds. The van der Waals surface area contributed by atoms with Crippen LogP contribution in [0.5, 0.6) is 5.75 Å². The maximum Gasteiger partial charge on any atom is 0.119 e. The number of hydrazone groups is 1. The fourth-order valence-electron chi connectivity index (χ4n) is 1.53. The third-order valence-electron chi connectivity index (χ3n) is 2.47. The average Bonchev–Trinajstić information content (AvgIpc) is 2.45. The summed E-state index contributed by atoms with van der Waals surface area (Å²) in [7, 11) is 1.77. The molecule has 0 spiro atoms. The zero-order valence-corrected chi connectivity index (χ0v) is 10.3. The van der Waals surface area contributed by atoms with Crippen LogP contribution >= 0.6 is 0 Å². The molecule has 0 heterocycles. The van der Waals surface area contributed by atoms with Crippen molar-refractivity contribution in [2.24, 2.45) is 5.10 Å². The van der Waals surface area contributed by atoms with Gasteiger partial charge in [-0.2, -0.15) is 5.10 Å². The predicted molar refractivity (Wildman–Crippen MR) is 73.9 cm³/mol. The molecular weight excluding hydrogens is 224 g/mol. The van der Waals surface area contributed by atoms with E-state index in [0.717, 1.165) is 11.3 Å². The SMILES string of the molecule is CN/N=C/c1ccc(OCc2ccccc2)cc1. The van der Waals surface area contributed by atoms with Gasteiger partial charge in [-0.05, 0) is 35.4 Å². The van der Waals surface area contributed by atoms with Crippen LogP contribution < -0.4 is 10.2 Å². The molecule has 3 nitrogen and oxygen atoms in total. The highest BCUT2D eigenvalue weighted by Crippen LogP contribution is 2.13. The highest BCUT2D eigenvalue weighted by molar-refractivity contribution is 5.79. The summed E-state index contributed by atoms with van der Waals surface area (Å²) in [5.74, 6) is 0.862. The Morgan fingerprint density at radius 3 is 2.44 bits per heavy atom. The second kappa shape index (κ2) is 6.45. The van der Waals surface area contributed by atoms with Gasteiger partial charge in [0, 0.05) is 7.05 Å². The van der Waals surface area contributed by atoms with Crippen LogP contribution in [0.3, 0.4) is 0 Å². The Kier molecular flexibility index (Phi) is 4.36. The summed E-state index contributed by atoms with van der Waals surface area (Å²) in [5.41, 5.74) is 4.92. The molecule has 0 aromatic heterocycles. The molecule has 0 saturated carbocycles. The van der Waals surface area contributed by atoms with E-state index >= 15 is 0 Å². The molecule has 92 valence electrons. The van der Waals surface area contributed by atoms with E-state index in [1.807, 2.05) is 54.6 Å². The number of hydrogen-bond donors (Lipinski definition) is 1. The van der Waals surface area contributed by atoms with E-state index in [9.17, 15) is 0 Å². The minimum atomic E-state index is 0.588. The lowest BCUT2D eigenvalue weighted by Gasteiger charge is -2.06. The molecular formula is C15H16N2O. The number of hydrogen-bond acceptors (Lipinski definition) is 3. The van der Waals surface area contributed by atoms with Crippen LogP contribution in [0.25, 0.3) is 0 Å². The predicted octanol–water partition coefficient (Wildman–Crippen LogP) is 2.82. The van der Waals surface area contributed by atoms with Crippen LogP contribution in [0.1, 0.15) is 11.1 Å². The first-order chi connectivity index (χ1) is 8.88. The van der Waals surface area contributed by atoms with Gasteiger partial charge in [0.15, 0.2) is 0 Å². The molecule has 0 saturated heterocycles. The van der Waals surface area contributed by atoms with Gasteiger partial charge in [0.2, 0.25) is 0 Å². The van der Waals surface area contributed by atoms with Gasteiger partial charge >= 0.3 is 0 Å². The van der Waals surface area contributed by atoms with Crippen LogP contribution in [-0.4, -0.2) is 13.3 Å². The Morgan fingerprint density at radius 1 is 1.06 bits per heavy atom. The average molecular weight is 240 g/mol. The Hall–Kier alpha value is -2.29. The summed E-state index contributed by atoms with van der Waals surface area (Å²) in [5, 5.41) is 3.95. The largest absolute Gasteiger partial charge is 0.489 e. The molecule has 18 heavy (non-hydrogen) atoms. The second-order valence-electron chi connectivity index (χ2n) is 3.83. The summed E-state index contributed by atoms with van der Waals surface area (Å²) in [6.07, 6.45) is 1.76. The Bertz CT molecular complexity index is 492. The van der Waals surface area contributed by atoms with Crippen molar-refractivity contribution < 1.29 is 4.74 Å². The van der Waals surface area contributed by atoms with Crippen molar-refractivity contribution in [1.29, 1.82) is 0 Å². The van der Waals surface area contributed by atoms with Gasteiger partial charge < -0.3 is 10.2 Å². The van der Waals surface area contributed by atoms with Gasteiger partial charge in [0.1, 0.15) is 12.4 Å². The van der Waals surface area contributed by atoms with E-state index in [2.05, 4.69) is 10.5 Å². The number of ether oxygens (including phenoxy) is 1. The number of nitrogens with zero attached hydrogens (tertiary/aromatic N) is 1. The minimum absolute atomic E-state index is 0.588. The van der Waals surface area contributed by atoms with Crippen LogP contribution in [0.2, 0.25) is 0 Å². The van der Waals surface area contributed by atoms with Crippen molar-refractivity contribution in [3.05, 3.63) is 65.7 Å². The summed E-state index contributed by atoms with van der Waals surface area (Å²) < 4.78 is 5.69. The quantitative estimate of drug-likeness (QED) is 0.644. The normalized spacial score (nSPS) is 10.5. The van der Waals surface area contributed by atoms with Gasteiger partial charge in [0.05, 0.1) is 6.21 Å². The van der Waals surface area contributed by atoms with Crippen LogP contribution in [-0.2, 0) is 6.61 Å². The van der Waals surface area contributed by atoms with E-state index in [4.69, 9.17) is 4.74 Å². The molecule has 2 rings (SSSR count). The molecule has 0 bridgehead atoms. The van der Waals surface area contributed by atoms with Crippen molar-refractivity contribution in [3.8, 4) is 5.75 Å². The number of rotatable bonds is 5. The van der Waals surface area contributed by atoms with Gasteiger partial charge in [-0.15, -0.1) is 0 Å². The maximum absolute atomic E-state index is 5.69. The molecule has 2 aromatic rings. The molecule has 3 heteroatoms.